The van der Waals surface area contributed by atoms with Crippen molar-refractivity contribution in [3.63, 3.8) is 0 Å². The van der Waals surface area contributed by atoms with Crippen LogP contribution in [0, 0.1) is 56.7 Å². The van der Waals surface area contributed by atoms with Crippen LogP contribution < -0.4 is 0 Å². The average molecular weight is 713 g/mol. The highest BCUT2D eigenvalue weighted by atomic mass is 16.7. The Morgan fingerprint density at radius 2 is 1.61 bits per heavy atom. The molecule has 0 aromatic rings. The summed E-state index contributed by atoms with van der Waals surface area (Å²) in [6, 6.07) is 0. The quantitative estimate of drug-likeness (QED) is 0.0913. The second-order valence-corrected chi connectivity index (χ2v) is 19.6. The Morgan fingerprint density at radius 1 is 0.882 bits per heavy atom. The maximum absolute atomic E-state index is 14.3. The van der Waals surface area contributed by atoms with E-state index >= 15 is 0 Å². The van der Waals surface area contributed by atoms with Gasteiger partial charge in [-0.3, -0.25) is 9.59 Å². The van der Waals surface area contributed by atoms with E-state index in [0.29, 0.717) is 36.9 Å². The predicted molar refractivity (Wildman–Crippen MR) is 199 cm³/mol. The Morgan fingerprint density at radius 3 is 2.33 bits per heavy atom. The van der Waals surface area contributed by atoms with E-state index in [-0.39, 0.29) is 58.5 Å². The number of esters is 2. The van der Waals surface area contributed by atoms with Crippen molar-refractivity contribution in [3.8, 4) is 0 Å². The minimum Gasteiger partial charge on any atom is -0.460 e. The number of fused-ring (bicyclic) bond motifs is 9. The zero-order valence-electron chi connectivity index (χ0n) is 34.0. The Labute approximate surface area is 310 Å². The Bertz CT molecular complexity index is 1320. The highest BCUT2D eigenvalue weighted by Crippen LogP contribution is 2.76. The van der Waals surface area contributed by atoms with E-state index in [0.717, 1.165) is 57.8 Å². The molecular formula is C44H72O7. The van der Waals surface area contributed by atoms with Gasteiger partial charge in [0.25, 0.3) is 0 Å². The predicted octanol–water partition coefficient (Wildman–Crippen LogP) is 10.2. The molecule has 12 atom stereocenters. The summed E-state index contributed by atoms with van der Waals surface area (Å²) in [6.45, 7) is 23.8. The van der Waals surface area contributed by atoms with Gasteiger partial charge in [-0.15, -0.1) is 0 Å². The molecule has 5 aliphatic carbocycles. The van der Waals surface area contributed by atoms with Crippen molar-refractivity contribution in [3.05, 3.63) is 11.6 Å². The van der Waals surface area contributed by atoms with Gasteiger partial charge in [-0.2, -0.15) is 0 Å². The fourth-order valence-electron chi connectivity index (χ4n) is 13.4. The molecule has 0 radical (unpaired) electrons. The summed E-state index contributed by atoms with van der Waals surface area (Å²) in [5, 5.41) is 0. The second-order valence-electron chi connectivity index (χ2n) is 19.6. The van der Waals surface area contributed by atoms with Crippen molar-refractivity contribution in [1.82, 2.24) is 0 Å². The van der Waals surface area contributed by atoms with E-state index in [1.54, 1.807) is 0 Å². The summed E-state index contributed by atoms with van der Waals surface area (Å²) in [4.78, 5) is 26.9. The first-order valence-corrected chi connectivity index (χ1v) is 20.9. The molecule has 7 nitrogen and oxygen atoms in total. The number of carbonyl (C=O) groups is 2. The molecule has 1 aliphatic heterocycles. The van der Waals surface area contributed by atoms with E-state index in [1.165, 1.54) is 44.6 Å². The number of allylic oxidation sites excluding steroid dienone is 2. The van der Waals surface area contributed by atoms with Crippen molar-refractivity contribution < 1.29 is 33.3 Å². The number of hydrogen-bond acceptors (Lipinski definition) is 7. The maximum Gasteiger partial charge on any atom is 0.314 e. The summed E-state index contributed by atoms with van der Waals surface area (Å²) < 4.78 is 31.2. The summed E-state index contributed by atoms with van der Waals surface area (Å²) >= 11 is 0. The molecule has 7 heteroatoms. The molecule has 0 amide bonds. The van der Waals surface area contributed by atoms with Crippen molar-refractivity contribution in [2.24, 2.45) is 56.7 Å². The summed E-state index contributed by atoms with van der Waals surface area (Å²) in [5.41, 5.74) is 0.725. The van der Waals surface area contributed by atoms with E-state index in [2.05, 4.69) is 54.5 Å². The number of rotatable bonds is 11. The smallest absolute Gasteiger partial charge is 0.314 e. The highest BCUT2D eigenvalue weighted by Gasteiger charge is 2.72. The van der Waals surface area contributed by atoms with Gasteiger partial charge < -0.3 is 23.7 Å². The summed E-state index contributed by atoms with van der Waals surface area (Å²) in [7, 11) is 0. The van der Waals surface area contributed by atoms with Crippen LogP contribution in [0.25, 0.3) is 0 Å². The SMILES string of the molecule is CCCCCCCCOCOC(=O)[C@]12CC[C@@H](C)[C@H](C)[C@H]1C1=CC[C@@H]3[C@@]4(C)C[C@@H](OC(C)=O)C5OC(C)(C)OCC5(C)C4CC[C@@]3(C)[C@]1(C)CC2. The topological polar surface area (TPSA) is 80.3 Å². The molecule has 0 aromatic heterocycles. The van der Waals surface area contributed by atoms with Crippen LogP contribution in [0.3, 0.4) is 0 Å². The fraction of sp³-hybridized carbons (Fsp3) is 0.909. The monoisotopic (exact) mass is 713 g/mol. The molecule has 1 saturated heterocycles. The van der Waals surface area contributed by atoms with Crippen LogP contribution in [0.2, 0.25) is 0 Å². The third-order valence-corrected chi connectivity index (χ3v) is 16.5. The molecule has 3 unspecified atom stereocenters. The number of carbonyl (C=O) groups excluding carboxylic acids is 2. The molecular weight excluding hydrogens is 640 g/mol. The number of hydrogen-bond donors (Lipinski definition) is 0. The molecule has 4 saturated carbocycles. The van der Waals surface area contributed by atoms with Gasteiger partial charge in [0.15, 0.2) is 12.6 Å². The Kier molecular flexibility index (Phi) is 11.0. The lowest BCUT2D eigenvalue weighted by Crippen LogP contribution is -2.71. The highest BCUT2D eigenvalue weighted by molar-refractivity contribution is 5.78. The van der Waals surface area contributed by atoms with E-state index in [4.69, 9.17) is 23.7 Å². The summed E-state index contributed by atoms with van der Waals surface area (Å²) in [6.07, 6.45) is 17.2. The zero-order chi connectivity index (χ0) is 37.0. The minimum absolute atomic E-state index is 0.0317. The third kappa shape index (κ3) is 6.47. The molecule has 290 valence electrons. The van der Waals surface area contributed by atoms with Gasteiger partial charge in [0.1, 0.15) is 12.2 Å². The lowest BCUT2D eigenvalue weighted by Gasteiger charge is -2.72. The first-order chi connectivity index (χ1) is 24.0. The van der Waals surface area contributed by atoms with Crippen LogP contribution in [0.15, 0.2) is 11.6 Å². The molecule has 51 heavy (non-hydrogen) atoms. The van der Waals surface area contributed by atoms with Crippen LogP contribution in [0.4, 0.5) is 0 Å². The van der Waals surface area contributed by atoms with Gasteiger partial charge in [-0.1, -0.05) is 92.2 Å². The average Bonchev–Trinajstić information content (AvgIpc) is 3.06. The fourth-order valence-corrected chi connectivity index (χ4v) is 13.4. The van der Waals surface area contributed by atoms with Crippen molar-refractivity contribution in [2.75, 3.05) is 20.0 Å². The minimum atomic E-state index is -0.709. The van der Waals surface area contributed by atoms with Gasteiger partial charge in [-0.25, -0.2) is 0 Å². The van der Waals surface area contributed by atoms with Crippen LogP contribution in [0.1, 0.15) is 159 Å². The largest absolute Gasteiger partial charge is 0.460 e. The van der Waals surface area contributed by atoms with Crippen LogP contribution >= 0.6 is 0 Å². The van der Waals surface area contributed by atoms with Crippen LogP contribution in [-0.4, -0.2) is 49.9 Å². The van der Waals surface area contributed by atoms with Gasteiger partial charge in [0.2, 0.25) is 0 Å². The van der Waals surface area contributed by atoms with E-state index < -0.39 is 11.2 Å². The molecule has 6 aliphatic rings. The Hall–Kier alpha value is -1.44. The van der Waals surface area contributed by atoms with Crippen LogP contribution in [0.5, 0.6) is 0 Å². The zero-order valence-corrected chi connectivity index (χ0v) is 34.0. The molecule has 0 bridgehead atoms. The lowest BCUT2D eigenvalue weighted by molar-refractivity contribution is -0.369. The van der Waals surface area contributed by atoms with Gasteiger partial charge >= 0.3 is 11.9 Å². The van der Waals surface area contributed by atoms with Crippen molar-refractivity contribution in [1.29, 1.82) is 0 Å². The van der Waals surface area contributed by atoms with Crippen LogP contribution in [-0.2, 0) is 33.3 Å². The lowest BCUT2D eigenvalue weighted by atomic mass is 9.33. The molecule has 0 spiro atoms. The summed E-state index contributed by atoms with van der Waals surface area (Å²) in [5.74, 6) is 0.950. The number of ether oxygens (including phenoxy) is 5. The van der Waals surface area contributed by atoms with E-state index in [9.17, 15) is 9.59 Å². The Balaban J connectivity index is 1.26. The normalized spacial score (nSPS) is 45.5. The standard InChI is InChI=1S/C44H72O7/c1-11-12-13-14-15-16-25-47-28-48-38(46)44-22-19-29(2)30(3)36(44)32-17-18-35-40(7)26-33(50-31(4)45)37-41(8,27-49-39(5,6)51-37)34(40)20-21-43(35,10)42(32,9)23-24-44/h17,29-30,33-37H,11-16,18-28H2,1-10H3/t29-,30+,33-,34?,35-,36+,37?,40+,41?,42-,43-,44+/m1/s1. The van der Waals surface area contributed by atoms with Crippen molar-refractivity contribution in [2.45, 2.75) is 177 Å². The first kappa shape index (κ1) is 39.3. The van der Waals surface area contributed by atoms with E-state index in [1.807, 2.05) is 13.8 Å². The molecule has 6 rings (SSSR count). The third-order valence-electron chi connectivity index (χ3n) is 16.5. The molecule has 0 aromatic carbocycles. The maximum atomic E-state index is 14.3. The molecule has 1 heterocycles. The second kappa shape index (κ2) is 14.3. The van der Waals surface area contributed by atoms with Gasteiger partial charge in [0, 0.05) is 12.3 Å². The first-order valence-electron chi connectivity index (χ1n) is 20.9. The van der Waals surface area contributed by atoms with Gasteiger partial charge in [-0.05, 0) is 117 Å². The van der Waals surface area contributed by atoms with Gasteiger partial charge in [0.05, 0.1) is 18.6 Å². The van der Waals surface area contributed by atoms with Crippen molar-refractivity contribution >= 4 is 11.9 Å². The molecule has 5 fully saturated rings. The molecule has 0 N–H and O–H groups in total. The number of unbranched alkanes of at least 4 members (excludes halogenated alkanes) is 5.